The number of amides is 1. The first-order valence-electron chi connectivity index (χ1n) is 8.15. The number of halogens is 2. The highest BCUT2D eigenvalue weighted by atomic mass is 35.5. The summed E-state index contributed by atoms with van der Waals surface area (Å²) in [5, 5.41) is 13.1. The van der Waals surface area contributed by atoms with Crippen molar-refractivity contribution < 1.29 is 13.9 Å². The Morgan fingerprint density at radius 1 is 1.44 bits per heavy atom. The van der Waals surface area contributed by atoms with E-state index in [2.05, 4.69) is 20.8 Å². The number of carbonyl (C=O) groups excluding carboxylic acids is 1. The lowest BCUT2D eigenvalue weighted by atomic mass is 10.1. The number of benzene rings is 1. The van der Waals surface area contributed by atoms with E-state index in [0.717, 1.165) is 24.2 Å². The van der Waals surface area contributed by atoms with E-state index >= 15 is 0 Å². The van der Waals surface area contributed by atoms with Crippen molar-refractivity contribution in [2.24, 2.45) is 0 Å². The zero-order valence-electron chi connectivity index (χ0n) is 14.0. The van der Waals surface area contributed by atoms with Crippen LogP contribution in [0, 0.1) is 5.82 Å². The first-order valence-corrected chi connectivity index (χ1v) is 8.15. The van der Waals surface area contributed by atoms with E-state index in [-0.39, 0.29) is 30.2 Å². The Balaban J connectivity index is 0.00000225. The van der Waals surface area contributed by atoms with Gasteiger partial charge in [0.2, 0.25) is 0 Å². The zero-order chi connectivity index (χ0) is 16.9. The molecule has 25 heavy (non-hydrogen) atoms. The van der Waals surface area contributed by atoms with Crippen molar-refractivity contribution in [3.63, 3.8) is 0 Å². The Morgan fingerprint density at radius 2 is 2.24 bits per heavy atom. The Labute approximate surface area is 151 Å². The number of para-hydroxylation sites is 1. The van der Waals surface area contributed by atoms with Crippen LogP contribution in [0.15, 0.2) is 24.3 Å². The predicted molar refractivity (Wildman–Crippen MR) is 94.7 cm³/mol. The van der Waals surface area contributed by atoms with Gasteiger partial charge in [-0.15, -0.1) is 12.4 Å². The Bertz CT molecular complexity index is 722. The van der Waals surface area contributed by atoms with Crippen molar-refractivity contribution in [2.45, 2.75) is 32.4 Å². The van der Waals surface area contributed by atoms with E-state index < -0.39 is 5.82 Å². The maximum Gasteiger partial charge on any atom is 0.272 e. The zero-order valence-corrected chi connectivity index (χ0v) is 14.8. The highest BCUT2D eigenvalue weighted by Crippen LogP contribution is 2.18. The van der Waals surface area contributed by atoms with Crippen molar-refractivity contribution in [1.82, 2.24) is 20.8 Å². The van der Waals surface area contributed by atoms with Gasteiger partial charge in [0.05, 0.1) is 6.54 Å². The van der Waals surface area contributed by atoms with E-state index in [1.165, 1.54) is 6.07 Å². The Morgan fingerprint density at radius 3 is 3.00 bits per heavy atom. The van der Waals surface area contributed by atoms with Gasteiger partial charge in [-0.1, -0.05) is 19.1 Å². The average Bonchev–Trinajstić information content (AvgIpc) is 3.04. The van der Waals surface area contributed by atoms with Gasteiger partial charge in [0.15, 0.2) is 17.3 Å². The maximum atomic E-state index is 13.7. The van der Waals surface area contributed by atoms with Crippen molar-refractivity contribution in [2.75, 3.05) is 13.1 Å². The number of nitrogens with zero attached hydrogens (tertiary/aromatic N) is 1. The molecule has 3 rings (SSSR count). The molecule has 3 N–H and O–H groups in total. The van der Waals surface area contributed by atoms with Gasteiger partial charge in [-0.2, -0.15) is 5.10 Å². The summed E-state index contributed by atoms with van der Waals surface area (Å²) in [6.07, 6.45) is 1.18. The molecular weight excluding hydrogens is 347 g/mol. The van der Waals surface area contributed by atoms with Crippen LogP contribution in [-0.4, -0.2) is 35.3 Å². The van der Waals surface area contributed by atoms with Crippen LogP contribution in [-0.2, 0) is 13.0 Å². The van der Waals surface area contributed by atoms with Crippen LogP contribution in [0.3, 0.4) is 0 Å². The molecule has 8 heteroatoms. The molecule has 0 spiro atoms. The third-order valence-corrected chi connectivity index (χ3v) is 4.10. The summed E-state index contributed by atoms with van der Waals surface area (Å²) in [7, 11) is 0. The third kappa shape index (κ3) is 4.49. The van der Waals surface area contributed by atoms with Crippen LogP contribution >= 0.6 is 12.4 Å². The summed E-state index contributed by atoms with van der Waals surface area (Å²) in [4.78, 5) is 12.4. The summed E-state index contributed by atoms with van der Waals surface area (Å²) >= 11 is 0. The molecule has 0 bridgehead atoms. The third-order valence-electron chi connectivity index (χ3n) is 4.10. The summed E-state index contributed by atoms with van der Waals surface area (Å²) in [5.41, 5.74) is 2.34. The molecule has 2 heterocycles. The van der Waals surface area contributed by atoms with E-state index in [9.17, 15) is 9.18 Å². The second-order valence-electron chi connectivity index (χ2n) is 5.74. The average molecular weight is 369 g/mol. The number of carbonyl (C=O) groups is 1. The van der Waals surface area contributed by atoms with E-state index in [4.69, 9.17) is 4.74 Å². The molecule has 1 unspecified atom stereocenters. The van der Waals surface area contributed by atoms with Crippen molar-refractivity contribution in [3.05, 3.63) is 47.0 Å². The van der Waals surface area contributed by atoms with Gasteiger partial charge in [0.1, 0.15) is 6.10 Å². The van der Waals surface area contributed by atoms with Crippen LogP contribution in [0.1, 0.15) is 35.1 Å². The van der Waals surface area contributed by atoms with Gasteiger partial charge in [0, 0.05) is 30.8 Å². The van der Waals surface area contributed by atoms with Crippen LogP contribution in [0.5, 0.6) is 5.75 Å². The topological polar surface area (TPSA) is 79.0 Å². The highest BCUT2D eigenvalue weighted by molar-refractivity contribution is 5.94. The first kappa shape index (κ1) is 19.2. The van der Waals surface area contributed by atoms with Crippen LogP contribution in [0.4, 0.5) is 4.39 Å². The number of nitrogens with one attached hydrogen (secondary N) is 3. The van der Waals surface area contributed by atoms with Crippen molar-refractivity contribution >= 4 is 18.3 Å². The molecular formula is C17H22ClFN4O2. The fourth-order valence-electron chi connectivity index (χ4n) is 2.69. The van der Waals surface area contributed by atoms with Gasteiger partial charge < -0.3 is 15.4 Å². The minimum atomic E-state index is -0.408. The smallest absolute Gasteiger partial charge is 0.272 e. The maximum absolute atomic E-state index is 13.7. The molecule has 1 aliphatic rings. The molecule has 0 saturated heterocycles. The lowest BCUT2D eigenvalue weighted by molar-refractivity contribution is 0.0918. The van der Waals surface area contributed by atoms with Gasteiger partial charge in [0.25, 0.3) is 5.91 Å². The molecule has 1 aromatic heterocycles. The van der Waals surface area contributed by atoms with Crippen molar-refractivity contribution in [3.8, 4) is 5.75 Å². The van der Waals surface area contributed by atoms with Crippen LogP contribution < -0.4 is 15.4 Å². The molecule has 0 saturated carbocycles. The Kier molecular flexibility index (Phi) is 6.78. The van der Waals surface area contributed by atoms with Crippen LogP contribution in [0.25, 0.3) is 0 Å². The minimum absolute atomic E-state index is 0. The number of rotatable bonds is 6. The molecule has 1 atom stereocenters. The number of hydrogen-bond donors (Lipinski definition) is 3. The number of ether oxygens (including phenoxy) is 1. The molecule has 0 radical (unpaired) electrons. The van der Waals surface area contributed by atoms with E-state index in [1.54, 1.807) is 18.2 Å². The molecule has 0 fully saturated rings. The molecule has 1 aromatic carbocycles. The molecule has 2 aromatic rings. The van der Waals surface area contributed by atoms with Gasteiger partial charge in [-0.25, -0.2) is 4.39 Å². The summed E-state index contributed by atoms with van der Waals surface area (Å²) < 4.78 is 19.3. The standard InChI is InChI=1S/C17H21FN4O2.ClH/c1-2-11(24-15-6-4-3-5-13(15)18)9-20-17(23)16-12-10-19-8-7-14(12)21-22-16;/h3-6,11,19H,2,7-10H2,1H3,(H,20,23)(H,21,22);1H. The SMILES string of the molecule is CCC(CNC(=O)c1n[nH]c2c1CNCC2)Oc1ccccc1F.Cl. The van der Waals surface area contributed by atoms with Crippen molar-refractivity contribution in [1.29, 1.82) is 0 Å². The van der Waals surface area contributed by atoms with E-state index in [0.29, 0.717) is 25.2 Å². The lowest BCUT2D eigenvalue weighted by Gasteiger charge is -2.18. The number of H-pyrrole nitrogens is 1. The molecule has 1 amide bonds. The quantitative estimate of drug-likeness (QED) is 0.730. The van der Waals surface area contributed by atoms with Crippen LogP contribution in [0.2, 0.25) is 0 Å². The monoisotopic (exact) mass is 368 g/mol. The number of hydrogen-bond acceptors (Lipinski definition) is 4. The fourth-order valence-corrected chi connectivity index (χ4v) is 2.69. The normalized spacial score (nSPS) is 14.2. The number of aromatic nitrogens is 2. The lowest BCUT2D eigenvalue weighted by Crippen LogP contribution is -2.36. The summed E-state index contributed by atoms with van der Waals surface area (Å²) in [6, 6.07) is 6.26. The summed E-state index contributed by atoms with van der Waals surface area (Å²) in [5.74, 6) is -0.457. The number of fused-ring (bicyclic) bond motifs is 1. The van der Waals surface area contributed by atoms with Gasteiger partial charge in [-0.3, -0.25) is 9.89 Å². The largest absolute Gasteiger partial charge is 0.486 e. The fraction of sp³-hybridized carbons (Fsp3) is 0.412. The molecule has 1 aliphatic heterocycles. The Hall–Kier alpha value is -2.12. The molecule has 0 aliphatic carbocycles. The summed E-state index contributed by atoms with van der Waals surface area (Å²) in [6.45, 7) is 3.74. The molecule has 6 nitrogen and oxygen atoms in total. The second-order valence-corrected chi connectivity index (χ2v) is 5.74. The number of aromatic amines is 1. The predicted octanol–water partition coefficient (Wildman–Crippen LogP) is 2.20. The van der Waals surface area contributed by atoms with E-state index in [1.807, 2.05) is 6.92 Å². The highest BCUT2D eigenvalue weighted by Gasteiger charge is 2.22. The molecule has 136 valence electrons. The minimum Gasteiger partial charge on any atom is -0.486 e. The second kappa shape index (κ2) is 8.82. The van der Waals surface area contributed by atoms with Gasteiger partial charge >= 0.3 is 0 Å². The first-order chi connectivity index (χ1) is 11.7. The van der Waals surface area contributed by atoms with Gasteiger partial charge in [-0.05, 0) is 18.6 Å².